The zero-order valence-electron chi connectivity index (χ0n) is 22.7. The van der Waals surface area contributed by atoms with Gasteiger partial charge < -0.3 is 15.5 Å². The largest absolute Gasteiger partial charge is 0.354 e. The summed E-state index contributed by atoms with van der Waals surface area (Å²) in [4.78, 5) is 28.6. The van der Waals surface area contributed by atoms with Gasteiger partial charge >= 0.3 is 0 Å². The third kappa shape index (κ3) is 5.51. The molecule has 2 amide bonds. The van der Waals surface area contributed by atoms with Crippen LogP contribution in [0.1, 0.15) is 101 Å². The number of carbonyl (C=O) groups is 2. The van der Waals surface area contributed by atoms with Gasteiger partial charge in [0.15, 0.2) is 0 Å². The molecule has 36 heavy (non-hydrogen) atoms. The van der Waals surface area contributed by atoms with E-state index in [4.69, 9.17) is 0 Å². The van der Waals surface area contributed by atoms with Crippen LogP contribution in [0.15, 0.2) is 24.3 Å². The van der Waals surface area contributed by atoms with Crippen LogP contribution in [0.25, 0.3) is 0 Å². The molecule has 6 rings (SSSR count). The van der Waals surface area contributed by atoms with E-state index in [2.05, 4.69) is 34.6 Å². The number of amides is 2. The molecule has 2 atom stereocenters. The highest BCUT2D eigenvalue weighted by Crippen LogP contribution is 2.60. The molecule has 4 bridgehead atoms. The predicted molar refractivity (Wildman–Crippen MR) is 145 cm³/mol. The Hall–Kier alpha value is -1.88. The van der Waals surface area contributed by atoms with Crippen molar-refractivity contribution in [1.29, 1.82) is 0 Å². The summed E-state index contributed by atoms with van der Waals surface area (Å²) in [5, 5.41) is 6.10. The van der Waals surface area contributed by atoms with Crippen molar-refractivity contribution in [2.75, 3.05) is 19.6 Å². The molecule has 2 unspecified atom stereocenters. The fourth-order valence-corrected chi connectivity index (χ4v) is 8.29. The smallest absolute Gasteiger partial charge is 0.251 e. The molecule has 4 aliphatic carbocycles. The first-order valence-corrected chi connectivity index (χ1v) is 14.8. The summed E-state index contributed by atoms with van der Waals surface area (Å²) in [6.45, 7) is 9.14. The van der Waals surface area contributed by atoms with Gasteiger partial charge in [0.05, 0.1) is 0 Å². The van der Waals surface area contributed by atoms with Crippen molar-refractivity contribution in [2.24, 2.45) is 23.7 Å². The number of rotatable bonds is 9. The summed E-state index contributed by atoms with van der Waals surface area (Å²) in [5.74, 6) is 2.54. The molecule has 5 fully saturated rings. The van der Waals surface area contributed by atoms with Gasteiger partial charge in [-0.25, -0.2) is 0 Å². The molecular weight excluding hydrogens is 446 g/mol. The number of carbonyl (C=O) groups excluding carboxylic acids is 2. The minimum absolute atomic E-state index is 0.0300. The molecule has 1 aromatic carbocycles. The zero-order chi connectivity index (χ0) is 25.3. The molecule has 198 valence electrons. The summed E-state index contributed by atoms with van der Waals surface area (Å²) < 4.78 is 0. The number of benzene rings is 1. The van der Waals surface area contributed by atoms with E-state index >= 15 is 0 Å². The van der Waals surface area contributed by atoms with Crippen LogP contribution < -0.4 is 10.6 Å². The first kappa shape index (κ1) is 25.8. The zero-order valence-corrected chi connectivity index (χ0v) is 22.7. The Morgan fingerprint density at radius 3 is 2.22 bits per heavy atom. The summed E-state index contributed by atoms with van der Waals surface area (Å²) in [6, 6.07) is 8.50. The minimum Gasteiger partial charge on any atom is -0.354 e. The van der Waals surface area contributed by atoms with Crippen molar-refractivity contribution in [3.63, 3.8) is 0 Å². The maximum atomic E-state index is 13.1. The van der Waals surface area contributed by atoms with Gasteiger partial charge in [0.1, 0.15) is 6.04 Å². The van der Waals surface area contributed by atoms with E-state index in [0.29, 0.717) is 23.6 Å². The van der Waals surface area contributed by atoms with Crippen LogP contribution in [0.4, 0.5) is 0 Å². The molecule has 1 saturated heterocycles. The second-order valence-electron chi connectivity index (χ2n) is 13.0. The van der Waals surface area contributed by atoms with Crippen LogP contribution in [0.2, 0.25) is 0 Å². The van der Waals surface area contributed by atoms with Crippen molar-refractivity contribution in [3.05, 3.63) is 35.4 Å². The van der Waals surface area contributed by atoms with E-state index in [1.807, 2.05) is 26.0 Å². The Morgan fingerprint density at radius 2 is 1.64 bits per heavy atom. The fourth-order valence-electron chi connectivity index (χ4n) is 8.29. The Bertz CT molecular complexity index is 889. The van der Waals surface area contributed by atoms with Gasteiger partial charge in [-0.2, -0.15) is 0 Å². The maximum absolute atomic E-state index is 13.1. The maximum Gasteiger partial charge on any atom is 0.251 e. The van der Waals surface area contributed by atoms with Crippen LogP contribution in [0.3, 0.4) is 0 Å². The van der Waals surface area contributed by atoms with E-state index in [0.717, 1.165) is 30.7 Å². The van der Waals surface area contributed by atoms with Crippen molar-refractivity contribution in [2.45, 2.75) is 102 Å². The molecule has 5 aliphatic rings. The van der Waals surface area contributed by atoms with Crippen molar-refractivity contribution < 1.29 is 9.59 Å². The third-order valence-electron chi connectivity index (χ3n) is 9.90. The highest BCUT2D eigenvalue weighted by Gasteiger charge is 2.51. The van der Waals surface area contributed by atoms with Gasteiger partial charge in [-0.3, -0.25) is 9.59 Å². The lowest BCUT2D eigenvalue weighted by molar-refractivity contribution is -0.123. The molecule has 2 N–H and O–H groups in total. The molecule has 1 aromatic rings. The molecule has 1 aliphatic heterocycles. The molecule has 5 heteroatoms. The normalized spacial score (nSPS) is 32.4. The molecular formula is C31H47N3O2. The Balaban J connectivity index is 1.14. The SMILES string of the molecule is CC(C)C(NC(=O)c1ccc(C23CC4CC(CC(C4)C2)C3)cc1)C(=O)NCCCN1CCCCC1C. The average molecular weight is 494 g/mol. The first-order valence-electron chi connectivity index (χ1n) is 14.8. The second kappa shape index (κ2) is 10.8. The molecule has 0 spiro atoms. The predicted octanol–water partition coefficient (Wildman–Crippen LogP) is 5.29. The van der Waals surface area contributed by atoms with E-state index < -0.39 is 6.04 Å². The molecule has 4 saturated carbocycles. The highest BCUT2D eigenvalue weighted by molar-refractivity contribution is 5.97. The lowest BCUT2D eigenvalue weighted by atomic mass is 9.48. The highest BCUT2D eigenvalue weighted by atomic mass is 16.2. The van der Waals surface area contributed by atoms with Crippen molar-refractivity contribution >= 4 is 11.8 Å². The Morgan fingerprint density at radius 1 is 1.00 bits per heavy atom. The number of likely N-dealkylation sites (tertiary alicyclic amines) is 1. The minimum atomic E-state index is -0.519. The quantitative estimate of drug-likeness (QED) is 0.460. The number of hydrogen-bond acceptors (Lipinski definition) is 3. The van der Waals surface area contributed by atoms with Crippen LogP contribution >= 0.6 is 0 Å². The first-order chi connectivity index (χ1) is 17.3. The number of nitrogens with one attached hydrogen (secondary N) is 2. The summed E-state index contributed by atoms with van der Waals surface area (Å²) >= 11 is 0. The van der Waals surface area contributed by atoms with E-state index in [1.54, 1.807) is 0 Å². The van der Waals surface area contributed by atoms with Crippen molar-refractivity contribution in [3.8, 4) is 0 Å². The Labute approximate surface area is 218 Å². The molecule has 0 radical (unpaired) electrons. The topological polar surface area (TPSA) is 61.4 Å². The van der Waals surface area contributed by atoms with Gasteiger partial charge in [0, 0.05) is 24.7 Å². The third-order valence-corrected chi connectivity index (χ3v) is 9.90. The van der Waals surface area contributed by atoms with Gasteiger partial charge in [0.2, 0.25) is 5.91 Å². The monoisotopic (exact) mass is 493 g/mol. The Kier molecular flexibility index (Phi) is 7.76. The van der Waals surface area contributed by atoms with Crippen LogP contribution in [-0.4, -0.2) is 48.4 Å². The van der Waals surface area contributed by atoms with E-state index in [-0.39, 0.29) is 17.7 Å². The van der Waals surface area contributed by atoms with Gasteiger partial charge in [-0.15, -0.1) is 0 Å². The van der Waals surface area contributed by atoms with E-state index in [1.165, 1.54) is 69.9 Å². The molecule has 1 heterocycles. The van der Waals surface area contributed by atoms with Crippen molar-refractivity contribution in [1.82, 2.24) is 15.5 Å². The second-order valence-corrected chi connectivity index (χ2v) is 13.0. The standard InChI is InChI=1S/C31H47N3O2/c1-21(2)28(30(36)32-12-6-14-34-13-5-4-7-22(34)3)33-29(35)26-8-10-27(11-9-26)31-18-23-15-24(19-31)17-25(16-23)20-31/h8-11,21-25,28H,4-7,12-20H2,1-3H3,(H,32,36)(H,33,35). The van der Waals surface area contributed by atoms with Gasteiger partial charge in [0.25, 0.3) is 5.91 Å². The fraction of sp³-hybridized carbons (Fsp3) is 0.742. The lowest BCUT2D eigenvalue weighted by Crippen LogP contribution is -2.50. The van der Waals surface area contributed by atoms with Gasteiger partial charge in [-0.1, -0.05) is 32.4 Å². The van der Waals surface area contributed by atoms with Gasteiger partial charge in [-0.05, 0) is 118 Å². The summed E-state index contributed by atoms with van der Waals surface area (Å²) in [7, 11) is 0. The summed E-state index contributed by atoms with van der Waals surface area (Å²) in [6.07, 6.45) is 13.1. The van der Waals surface area contributed by atoms with E-state index in [9.17, 15) is 9.59 Å². The van der Waals surface area contributed by atoms with Crippen LogP contribution in [0, 0.1) is 23.7 Å². The average Bonchev–Trinajstić information content (AvgIpc) is 2.85. The number of hydrogen-bond donors (Lipinski definition) is 2. The number of nitrogens with zero attached hydrogens (tertiary/aromatic N) is 1. The van der Waals surface area contributed by atoms with Crippen LogP contribution in [0.5, 0.6) is 0 Å². The molecule has 0 aromatic heterocycles. The van der Waals surface area contributed by atoms with Crippen LogP contribution in [-0.2, 0) is 10.2 Å². The molecule has 5 nitrogen and oxygen atoms in total. The summed E-state index contributed by atoms with van der Waals surface area (Å²) in [5.41, 5.74) is 2.43. The number of piperidine rings is 1. The lowest BCUT2D eigenvalue weighted by Gasteiger charge is -2.57.